The molecule has 3 heterocycles. The summed E-state index contributed by atoms with van der Waals surface area (Å²) in [4.78, 5) is 11.7. The van der Waals surface area contributed by atoms with Crippen molar-refractivity contribution in [2.75, 3.05) is 6.61 Å². The van der Waals surface area contributed by atoms with E-state index in [0.717, 1.165) is 5.56 Å². The van der Waals surface area contributed by atoms with Crippen molar-refractivity contribution in [3.8, 4) is 0 Å². The molecule has 1 aromatic rings. The second kappa shape index (κ2) is 4.77. The van der Waals surface area contributed by atoms with E-state index in [1.165, 1.54) is 0 Å². The molecule has 0 N–H and O–H groups in total. The molecule has 3 aliphatic heterocycles. The number of ether oxygens (including phenoxy) is 3. The minimum Gasteiger partial charge on any atom is -0.358 e. The molecule has 1 aromatic carbocycles. The summed E-state index contributed by atoms with van der Waals surface area (Å²) in [5, 5.41) is 0. The largest absolute Gasteiger partial charge is 0.358 e. The molecule has 4 rings (SSSR count). The molecule has 2 saturated heterocycles. The molecule has 0 aliphatic carbocycles. The molecule has 5 unspecified atom stereocenters. The maximum absolute atomic E-state index is 11.7. The fourth-order valence-corrected chi connectivity index (χ4v) is 3.49. The van der Waals surface area contributed by atoms with Crippen molar-refractivity contribution in [3.05, 3.63) is 48.0 Å². The second-order valence-corrected chi connectivity index (χ2v) is 6.02. The zero-order valence-corrected chi connectivity index (χ0v) is 11.9. The highest BCUT2D eigenvalue weighted by Gasteiger charge is 2.57. The molecule has 2 fully saturated rings. The van der Waals surface area contributed by atoms with Crippen LogP contribution in [0.3, 0.4) is 0 Å². The van der Waals surface area contributed by atoms with E-state index in [2.05, 4.69) is 0 Å². The van der Waals surface area contributed by atoms with Crippen molar-refractivity contribution in [1.82, 2.24) is 0 Å². The minimum atomic E-state index is -0.593. The number of rotatable bonds is 3. The van der Waals surface area contributed by atoms with E-state index < -0.39 is 11.9 Å². The molecule has 21 heavy (non-hydrogen) atoms. The van der Waals surface area contributed by atoms with E-state index in [4.69, 9.17) is 14.2 Å². The normalized spacial score (nSPS) is 40.8. The van der Waals surface area contributed by atoms with Crippen LogP contribution in [0.15, 0.2) is 42.5 Å². The van der Waals surface area contributed by atoms with E-state index in [1.807, 2.05) is 42.5 Å². The number of benzene rings is 1. The summed E-state index contributed by atoms with van der Waals surface area (Å²) in [5.74, 6) is 0.0989. The van der Waals surface area contributed by atoms with Crippen LogP contribution in [0.25, 0.3) is 0 Å². The van der Waals surface area contributed by atoms with E-state index >= 15 is 0 Å². The minimum absolute atomic E-state index is 0.0713. The van der Waals surface area contributed by atoms with Gasteiger partial charge in [0, 0.05) is 0 Å². The van der Waals surface area contributed by atoms with Crippen LogP contribution in [0.2, 0.25) is 0 Å². The lowest BCUT2D eigenvalue weighted by atomic mass is 9.84. The van der Waals surface area contributed by atoms with Gasteiger partial charge in [0.25, 0.3) is 0 Å². The standard InChI is InChI=1S/C17H18O4/c1-11(18)13-9-17(8-7-14(13)21-17)16-19-10-15(20-16)12-5-3-2-4-6-12/h2-8,13-16H,9-10H2,1H3. The van der Waals surface area contributed by atoms with Crippen LogP contribution in [0, 0.1) is 5.92 Å². The summed E-state index contributed by atoms with van der Waals surface area (Å²) in [6, 6.07) is 10.0. The van der Waals surface area contributed by atoms with Gasteiger partial charge in [0.2, 0.25) is 0 Å². The van der Waals surface area contributed by atoms with Gasteiger partial charge in [-0.15, -0.1) is 0 Å². The van der Waals surface area contributed by atoms with Gasteiger partial charge in [-0.2, -0.15) is 0 Å². The van der Waals surface area contributed by atoms with Crippen LogP contribution in [-0.4, -0.2) is 30.4 Å². The zero-order chi connectivity index (χ0) is 14.4. The lowest BCUT2D eigenvalue weighted by Crippen LogP contribution is -2.40. The number of hydrogen-bond acceptors (Lipinski definition) is 4. The lowest BCUT2D eigenvalue weighted by molar-refractivity contribution is -0.172. The van der Waals surface area contributed by atoms with E-state index in [1.54, 1.807) is 6.92 Å². The zero-order valence-electron chi connectivity index (χ0n) is 11.9. The van der Waals surface area contributed by atoms with E-state index in [-0.39, 0.29) is 23.9 Å². The number of fused-ring (bicyclic) bond motifs is 2. The first-order chi connectivity index (χ1) is 10.2. The quantitative estimate of drug-likeness (QED) is 0.800. The summed E-state index contributed by atoms with van der Waals surface area (Å²) in [5.41, 5.74) is 0.515. The smallest absolute Gasteiger partial charge is 0.191 e. The Morgan fingerprint density at radius 1 is 1.29 bits per heavy atom. The summed E-state index contributed by atoms with van der Waals surface area (Å²) in [7, 11) is 0. The van der Waals surface area contributed by atoms with Gasteiger partial charge in [0.1, 0.15) is 17.5 Å². The summed E-state index contributed by atoms with van der Waals surface area (Å²) in [6.07, 6.45) is 4.00. The van der Waals surface area contributed by atoms with Gasteiger partial charge in [0.15, 0.2) is 6.29 Å². The van der Waals surface area contributed by atoms with Crippen molar-refractivity contribution in [3.63, 3.8) is 0 Å². The van der Waals surface area contributed by atoms with Gasteiger partial charge in [-0.1, -0.05) is 36.4 Å². The first-order valence-electron chi connectivity index (χ1n) is 7.38. The topological polar surface area (TPSA) is 44.8 Å². The third-order valence-corrected chi connectivity index (χ3v) is 4.64. The Kier molecular flexibility index (Phi) is 2.99. The Morgan fingerprint density at radius 2 is 2.10 bits per heavy atom. The number of carbonyl (C=O) groups is 1. The Bertz CT molecular complexity index is 582. The molecule has 0 amide bonds. The first kappa shape index (κ1) is 13.2. The molecule has 0 saturated carbocycles. The Morgan fingerprint density at radius 3 is 2.81 bits per heavy atom. The van der Waals surface area contributed by atoms with Crippen molar-refractivity contribution < 1.29 is 19.0 Å². The first-order valence-corrected chi connectivity index (χ1v) is 7.38. The number of Topliss-reactive ketones (excluding diaryl/α,β-unsaturated/α-hetero) is 1. The maximum Gasteiger partial charge on any atom is 0.191 e. The van der Waals surface area contributed by atoms with Crippen LogP contribution in [0.5, 0.6) is 0 Å². The lowest BCUT2D eigenvalue weighted by Gasteiger charge is -2.28. The summed E-state index contributed by atoms with van der Waals surface area (Å²) < 4.78 is 17.9. The molecular weight excluding hydrogens is 268 g/mol. The van der Waals surface area contributed by atoms with Gasteiger partial charge in [-0.3, -0.25) is 4.79 Å². The van der Waals surface area contributed by atoms with Crippen LogP contribution in [-0.2, 0) is 19.0 Å². The molecule has 3 aliphatic rings. The van der Waals surface area contributed by atoms with Crippen LogP contribution < -0.4 is 0 Å². The number of ketones is 1. The third-order valence-electron chi connectivity index (χ3n) is 4.64. The van der Waals surface area contributed by atoms with Crippen molar-refractivity contribution in [1.29, 1.82) is 0 Å². The number of carbonyl (C=O) groups excluding carboxylic acids is 1. The molecule has 4 nitrogen and oxygen atoms in total. The van der Waals surface area contributed by atoms with E-state index in [9.17, 15) is 4.79 Å². The average molecular weight is 286 g/mol. The molecular formula is C17H18O4. The molecule has 2 bridgehead atoms. The number of hydrogen-bond donors (Lipinski definition) is 0. The Hall–Kier alpha value is -1.49. The van der Waals surface area contributed by atoms with Crippen LogP contribution in [0.1, 0.15) is 25.0 Å². The SMILES string of the molecule is CC(=O)C1CC2(C3OCC(c4ccccc4)O3)C=CC1O2. The average Bonchev–Trinajstić information content (AvgIpc) is 3.22. The van der Waals surface area contributed by atoms with Crippen molar-refractivity contribution in [2.24, 2.45) is 5.92 Å². The fraction of sp³-hybridized carbons (Fsp3) is 0.471. The Balaban J connectivity index is 1.52. The highest BCUT2D eigenvalue weighted by atomic mass is 16.7. The monoisotopic (exact) mass is 286 g/mol. The van der Waals surface area contributed by atoms with Gasteiger partial charge in [0.05, 0.1) is 18.6 Å². The van der Waals surface area contributed by atoms with Crippen molar-refractivity contribution >= 4 is 5.78 Å². The maximum atomic E-state index is 11.7. The van der Waals surface area contributed by atoms with Gasteiger partial charge < -0.3 is 14.2 Å². The van der Waals surface area contributed by atoms with Gasteiger partial charge >= 0.3 is 0 Å². The van der Waals surface area contributed by atoms with Gasteiger partial charge in [-0.05, 0) is 25.0 Å². The second-order valence-electron chi connectivity index (χ2n) is 6.02. The van der Waals surface area contributed by atoms with Crippen LogP contribution >= 0.6 is 0 Å². The highest BCUT2D eigenvalue weighted by Crippen LogP contribution is 2.48. The fourth-order valence-electron chi connectivity index (χ4n) is 3.49. The highest BCUT2D eigenvalue weighted by molar-refractivity contribution is 5.80. The molecule has 0 aromatic heterocycles. The molecule has 5 atom stereocenters. The van der Waals surface area contributed by atoms with Crippen LogP contribution in [0.4, 0.5) is 0 Å². The van der Waals surface area contributed by atoms with E-state index in [0.29, 0.717) is 13.0 Å². The van der Waals surface area contributed by atoms with Crippen molar-refractivity contribution in [2.45, 2.75) is 37.4 Å². The van der Waals surface area contributed by atoms with Gasteiger partial charge in [-0.25, -0.2) is 0 Å². The third kappa shape index (κ3) is 2.06. The molecule has 0 radical (unpaired) electrons. The predicted molar refractivity (Wildman–Crippen MR) is 75.5 cm³/mol. The summed E-state index contributed by atoms with van der Waals surface area (Å²) >= 11 is 0. The predicted octanol–water partition coefficient (Wildman–Crippen LogP) is 2.40. The molecule has 0 spiro atoms. The summed E-state index contributed by atoms with van der Waals surface area (Å²) in [6.45, 7) is 2.14. The Labute approximate surface area is 123 Å². The molecule has 4 heteroatoms. The molecule has 110 valence electrons.